The average Bonchev–Trinajstić information content (AvgIpc) is 2.73. The highest BCUT2D eigenvalue weighted by atomic mass is 16.4. The molecule has 94 valence electrons. The highest BCUT2D eigenvalue weighted by molar-refractivity contribution is 5.95. The van der Waals surface area contributed by atoms with Crippen molar-refractivity contribution in [1.29, 1.82) is 0 Å². The molecule has 1 heterocycles. The molecular weight excluding hydrogens is 224 g/mol. The highest BCUT2D eigenvalue weighted by Gasteiger charge is 2.18. The van der Waals surface area contributed by atoms with Gasteiger partial charge in [-0.15, -0.1) is 0 Å². The van der Waals surface area contributed by atoms with Crippen molar-refractivity contribution in [2.45, 2.75) is 0 Å². The number of carbonyl (C=O) groups is 2. The number of furan rings is 1. The largest absolute Gasteiger partial charge is 0.478 e. The van der Waals surface area contributed by atoms with Crippen LogP contribution in [0.1, 0.15) is 20.9 Å². The van der Waals surface area contributed by atoms with Crippen LogP contribution in [-0.2, 0) is 0 Å². The third-order valence-electron chi connectivity index (χ3n) is 2.29. The molecule has 0 atom stereocenters. The summed E-state index contributed by atoms with van der Waals surface area (Å²) in [5.74, 6) is -1.38. The molecule has 6 nitrogen and oxygen atoms in total. The Kier molecular flexibility index (Phi) is 4.28. The summed E-state index contributed by atoms with van der Waals surface area (Å²) in [6.07, 6.45) is 1.06. The summed E-state index contributed by atoms with van der Waals surface area (Å²) in [4.78, 5) is 25.9. The normalized spacial score (nSPS) is 10.6. The first-order valence-electron chi connectivity index (χ1n) is 5.14. The van der Waals surface area contributed by atoms with Crippen molar-refractivity contribution in [2.24, 2.45) is 0 Å². The molecule has 0 saturated heterocycles. The van der Waals surface area contributed by atoms with E-state index in [4.69, 9.17) is 9.52 Å². The molecule has 0 fully saturated rings. The van der Waals surface area contributed by atoms with Crippen molar-refractivity contribution < 1.29 is 19.1 Å². The van der Waals surface area contributed by atoms with E-state index in [0.717, 1.165) is 12.8 Å². The third kappa shape index (κ3) is 3.60. The summed E-state index contributed by atoms with van der Waals surface area (Å²) >= 11 is 0. The Hall–Kier alpha value is -1.82. The number of likely N-dealkylation sites (N-methyl/N-ethyl adjacent to an activating group) is 2. The Balaban J connectivity index is 2.65. The smallest absolute Gasteiger partial charge is 0.338 e. The number of carboxylic acid groups (broad SMARTS) is 1. The van der Waals surface area contributed by atoms with Gasteiger partial charge in [-0.2, -0.15) is 0 Å². The fourth-order valence-electron chi connectivity index (χ4n) is 1.20. The molecule has 0 radical (unpaired) electrons. The van der Waals surface area contributed by atoms with E-state index in [-0.39, 0.29) is 17.2 Å². The minimum Gasteiger partial charge on any atom is -0.478 e. The second kappa shape index (κ2) is 5.49. The molecule has 0 spiro atoms. The highest BCUT2D eigenvalue weighted by Crippen LogP contribution is 2.10. The zero-order valence-electron chi connectivity index (χ0n) is 10.1. The fourth-order valence-corrected chi connectivity index (χ4v) is 1.20. The number of carbonyl (C=O) groups excluding carboxylic acids is 1. The molecule has 6 heteroatoms. The predicted octanol–water partition coefficient (Wildman–Crippen LogP) is 0.611. The molecule has 1 N–H and O–H groups in total. The molecule has 0 unspecified atom stereocenters. The fraction of sp³-hybridized carbons (Fsp3) is 0.455. The minimum absolute atomic E-state index is 0.0191. The van der Waals surface area contributed by atoms with Crippen molar-refractivity contribution in [3.8, 4) is 0 Å². The lowest BCUT2D eigenvalue weighted by Gasteiger charge is -2.18. The summed E-state index contributed by atoms with van der Waals surface area (Å²) < 4.78 is 4.93. The molecule has 0 aliphatic rings. The molecule has 0 aliphatic heterocycles. The van der Waals surface area contributed by atoms with Gasteiger partial charge in [0.2, 0.25) is 0 Å². The summed E-state index contributed by atoms with van der Waals surface area (Å²) in [5.41, 5.74) is -0.0191. The van der Waals surface area contributed by atoms with Crippen LogP contribution in [0.15, 0.2) is 16.7 Å². The maximum Gasteiger partial charge on any atom is 0.338 e. The van der Waals surface area contributed by atoms with Gasteiger partial charge in [-0.25, -0.2) is 4.79 Å². The molecule has 0 aliphatic carbocycles. The number of hydrogen-bond donors (Lipinski definition) is 1. The van der Waals surface area contributed by atoms with Gasteiger partial charge in [0, 0.05) is 26.2 Å². The van der Waals surface area contributed by atoms with Crippen molar-refractivity contribution in [2.75, 3.05) is 34.2 Å². The molecule has 0 aromatic carbocycles. The molecule has 1 aromatic heterocycles. The van der Waals surface area contributed by atoms with E-state index in [1.165, 1.54) is 11.0 Å². The zero-order valence-corrected chi connectivity index (χ0v) is 10.1. The Labute approximate surface area is 99.4 Å². The van der Waals surface area contributed by atoms with Crippen molar-refractivity contribution >= 4 is 11.9 Å². The summed E-state index contributed by atoms with van der Waals surface area (Å²) in [6, 6.07) is 1.23. The second-order valence-corrected chi connectivity index (χ2v) is 4.03. The first-order valence-corrected chi connectivity index (χ1v) is 5.14. The number of carboxylic acids is 1. The van der Waals surface area contributed by atoms with Crippen LogP contribution < -0.4 is 0 Å². The monoisotopic (exact) mass is 240 g/mol. The molecule has 0 bridgehead atoms. The first-order chi connectivity index (χ1) is 7.91. The molecule has 1 aromatic rings. The van der Waals surface area contributed by atoms with Gasteiger partial charge in [-0.05, 0) is 14.1 Å². The Bertz CT molecular complexity index is 411. The lowest BCUT2D eigenvalue weighted by Crippen LogP contribution is -2.33. The van der Waals surface area contributed by atoms with Crippen molar-refractivity contribution in [3.05, 3.63) is 23.7 Å². The van der Waals surface area contributed by atoms with Gasteiger partial charge in [0.25, 0.3) is 5.91 Å². The molecule has 1 rings (SSSR count). The van der Waals surface area contributed by atoms with Crippen LogP contribution in [0.5, 0.6) is 0 Å². The number of amides is 1. The second-order valence-electron chi connectivity index (χ2n) is 4.03. The van der Waals surface area contributed by atoms with Gasteiger partial charge in [0.05, 0.1) is 5.56 Å². The average molecular weight is 240 g/mol. The van der Waals surface area contributed by atoms with Crippen LogP contribution in [0.3, 0.4) is 0 Å². The summed E-state index contributed by atoms with van der Waals surface area (Å²) in [6.45, 7) is 1.28. The Morgan fingerprint density at radius 2 is 1.94 bits per heavy atom. The van der Waals surface area contributed by atoms with E-state index in [9.17, 15) is 9.59 Å². The quantitative estimate of drug-likeness (QED) is 0.816. The molecule has 17 heavy (non-hydrogen) atoms. The Morgan fingerprint density at radius 3 is 2.41 bits per heavy atom. The number of rotatable bonds is 5. The summed E-state index contributed by atoms with van der Waals surface area (Å²) in [7, 11) is 5.47. The number of hydrogen-bond acceptors (Lipinski definition) is 4. The minimum atomic E-state index is -1.11. The van der Waals surface area contributed by atoms with Crippen LogP contribution in [0.2, 0.25) is 0 Å². The van der Waals surface area contributed by atoms with Crippen molar-refractivity contribution in [1.82, 2.24) is 9.80 Å². The van der Waals surface area contributed by atoms with Gasteiger partial charge in [0.15, 0.2) is 5.76 Å². The van der Waals surface area contributed by atoms with E-state index in [0.29, 0.717) is 6.54 Å². The van der Waals surface area contributed by atoms with Crippen LogP contribution in [0, 0.1) is 0 Å². The Morgan fingerprint density at radius 1 is 1.29 bits per heavy atom. The van der Waals surface area contributed by atoms with E-state index >= 15 is 0 Å². The van der Waals surface area contributed by atoms with Gasteiger partial charge in [0.1, 0.15) is 6.26 Å². The molecule has 0 saturated carbocycles. The maximum atomic E-state index is 11.8. The predicted molar refractivity (Wildman–Crippen MR) is 61.2 cm³/mol. The van der Waals surface area contributed by atoms with Crippen LogP contribution >= 0.6 is 0 Å². The third-order valence-corrected chi connectivity index (χ3v) is 2.29. The van der Waals surface area contributed by atoms with E-state index in [1.807, 2.05) is 19.0 Å². The van der Waals surface area contributed by atoms with Gasteiger partial charge in [-0.3, -0.25) is 4.79 Å². The maximum absolute atomic E-state index is 11.8. The lowest BCUT2D eigenvalue weighted by atomic mass is 10.3. The van der Waals surface area contributed by atoms with Crippen LogP contribution in [-0.4, -0.2) is 61.0 Å². The standard InChI is InChI=1S/C11H16N2O4/c1-12(2)4-5-13(3)10(14)9-6-8(7-17-9)11(15)16/h6-7H,4-5H2,1-3H3,(H,15,16). The molecular formula is C11H16N2O4. The zero-order chi connectivity index (χ0) is 13.0. The van der Waals surface area contributed by atoms with Crippen LogP contribution in [0.25, 0.3) is 0 Å². The topological polar surface area (TPSA) is 74.0 Å². The van der Waals surface area contributed by atoms with Crippen molar-refractivity contribution in [3.63, 3.8) is 0 Å². The number of aromatic carboxylic acids is 1. The van der Waals surface area contributed by atoms with Crippen LogP contribution in [0.4, 0.5) is 0 Å². The van der Waals surface area contributed by atoms with E-state index in [2.05, 4.69) is 0 Å². The van der Waals surface area contributed by atoms with E-state index in [1.54, 1.807) is 7.05 Å². The first kappa shape index (κ1) is 13.2. The lowest BCUT2D eigenvalue weighted by molar-refractivity contribution is 0.0695. The number of nitrogens with zero attached hydrogens (tertiary/aromatic N) is 2. The van der Waals surface area contributed by atoms with Gasteiger partial charge < -0.3 is 19.3 Å². The summed E-state index contributed by atoms with van der Waals surface area (Å²) in [5, 5.41) is 8.70. The molecule has 1 amide bonds. The SMILES string of the molecule is CN(C)CCN(C)C(=O)c1cc(C(=O)O)co1. The van der Waals surface area contributed by atoms with Gasteiger partial charge in [-0.1, -0.05) is 0 Å². The van der Waals surface area contributed by atoms with Gasteiger partial charge >= 0.3 is 5.97 Å². The van der Waals surface area contributed by atoms with E-state index < -0.39 is 5.97 Å².